The summed E-state index contributed by atoms with van der Waals surface area (Å²) in [6.45, 7) is 5.48. The lowest BCUT2D eigenvalue weighted by Gasteiger charge is -2.30. The van der Waals surface area contributed by atoms with E-state index in [-0.39, 0.29) is 16.7 Å². The normalized spacial score (nSPS) is 15.6. The largest absolute Gasteiger partial charge is 0.474 e. The number of carbonyl (C=O) groups is 1. The zero-order chi connectivity index (χ0) is 23.1. The van der Waals surface area contributed by atoms with Gasteiger partial charge in [-0.1, -0.05) is 26.0 Å². The van der Waals surface area contributed by atoms with Crippen molar-refractivity contribution in [1.82, 2.24) is 9.29 Å². The van der Waals surface area contributed by atoms with Crippen molar-refractivity contribution in [2.24, 2.45) is 5.92 Å². The van der Waals surface area contributed by atoms with Crippen LogP contribution in [0.3, 0.4) is 0 Å². The second-order valence-corrected chi connectivity index (χ2v) is 10.0. The molecule has 2 aromatic rings. The van der Waals surface area contributed by atoms with Gasteiger partial charge < -0.3 is 14.8 Å². The first-order valence-electron chi connectivity index (χ1n) is 10.8. The summed E-state index contributed by atoms with van der Waals surface area (Å²) in [5, 5.41) is 2.87. The third-order valence-electron chi connectivity index (χ3n) is 5.56. The third-order valence-corrected chi connectivity index (χ3v) is 7.48. The van der Waals surface area contributed by atoms with Crippen molar-refractivity contribution < 1.29 is 22.7 Å². The van der Waals surface area contributed by atoms with Gasteiger partial charge in [0.25, 0.3) is 0 Å². The summed E-state index contributed by atoms with van der Waals surface area (Å²) in [6, 6.07) is 10.5. The number of amides is 1. The maximum atomic E-state index is 13.0. The van der Waals surface area contributed by atoms with Crippen LogP contribution in [0.5, 0.6) is 5.88 Å². The van der Waals surface area contributed by atoms with E-state index in [1.54, 1.807) is 37.6 Å². The number of piperidine rings is 1. The number of nitrogens with one attached hydrogen (secondary N) is 1. The number of methoxy groups -OCH3 is 1. The molecule has 1 amide bonds. The molecule has 0 atom stereocenters. The second kappa shape index (κ2) is 10.9. The van der Waals surface area contributed by atoms with Crippen LogP contribution in [0.2, 0.25) is 0 Å². The summed E-state index contributed by atoms with van der Waals surface area (Å²) in [4.78, 5) is 17.2. The number of carbonyl (C=O) groups excluding carboxylic acids is 1. The number of ether oxygens (including phenoxy) is 2. The average molecular weight is 462 g/mol. The summed E-state index contributed by atoms with van der Waals surface area (Å²) in [6.07, 6.45) is 2.50. The number of sulfonamides is 1. The summed E-state index contributed by atoms with van der Waals surface area (Å²) in [5.74, 6) is 0.235. The number of aromatic nitrogens is 1. The number of rotatable bonds is 9. The van der Waals surface area contributed by atoms with Gasteiger partial charge in [0.1, 0.15) is 12.3 Å². The van der Waals surface area contributed by atoms with Crippen molar-refractivity contribution >= 4 is 21.6 Å². The fourth-order valence-corrected chi connectivity index (χ4v) is 5.06. The van der Waals surface area contributed by atoms with Gasteiger partial charge in [-0.05, 0) is 48.6 Å². The van der Waals surface area contributed by atoms with Crippen LogP contribution in [0, 0.1) is 5.92 Å². The van der Waals surface area contributed by atoms with Crippen LogP contribution in [-0.4, -0.2) is 57.0 Å². The van der Waals surface area contributed by atoms with E-state index in [1.807, 2.05) is 12.1 Å². The monoisotopic (exact) mass is 461 g/mol. The number of anilines is 1. The van der Waals surface area contributed by atoms with Gasteiger partial charge in [0, 0.05) is 32.3 Å². The topological polar surface area (TPSA) is 97.8 Å². The molecular weight excluding hydrogens is 430 g/mol. The van der Waals surface area contributed by atoms with E-state index in [9.17, 15) is 13.2 Å². The molecule has 3 rings (SSSR count). The van der Waals surface area contributed by atoms with Crippen LogP contribution < -0.4 is 10.1 Å². The fraction of sp³-hybridized carbons (Fsp3) is 0.478. The van der Waals surface area contributed by atoms with Crippen molar-refractivity contribution in [3.8, 4) is 5.88 Å². The molecule has 0 spiro atoms. The Morgan fingerprint density at radius 3 is 2.47 bits per heavy atom. The smallest absolute Gasteiger partial charge is 0.243 e. The minimum absolute atomic E-state index is 0.159. The van der Waals surface area contributed by atoms with E-state index in [1.165, 1.54) is 4.31 Å². The third kappa shape index (κ3) is 5.85. The standard InChI is InChI=1S/C23H31N3O5S/c1-17(2)18-6-8-20(9-7-18)32(28,29)26-13-10-19(11-14-26)22(27)25-21-5-4-12-24-23(21)31-16-15-30-3/h4-9,12,17,19H,10-11,13-16H2,1-3H3,(H,25,27). The molecule has 2 heterocycles. The summed E-state index contributed by atoms with van der Waals surface area (Å²) in [5.41, 5.74) is 1.59. The Bertz CT molecular complexity index is 1000. The van der Waals surface area contributed by atoms with Crippen molar-refractivity contribution in [1.29, 1.82) is 0 Å². The van der Waals surface area contributed by atoms with Crippen LogP contribution in [-0.2, 0) is 19.6 Å². The van der Waals surface area contributed by atoms with Crippen LogP contribution in [0.25, 0.3) is 0 Å². The maximum absolute atomic E-state index is 13.0. The molecule has 0 bridgehead atoms. The van der Waals surface area contributed by atoms with Gasteiger partial charge in [0.15, 0.2) is 0 Å². The zero-order valence-corrected chi connectivity index (χ0v) is 19.6. The highest BCUT2D eigenvalue weighted by atomic mass is 32.2. The first-order valence-corrected chi connectivity index (χ1v) is 12.2. The molecule has 1 aliphatic rings. The Morgan fingerprint density at radius 1 is 1.16 bits per heavy atom. The van der Waals surface area contributed by atoms with E-state index >= 15 is 0 Å². The molecule has 9 heteroatoms. The molecule has 32 heavy (non-hydrogen) atoms. The van der Waals surface area contributed by atoms with Crippen LogP contribution in [0.15, 0.2) is 47.5 Å². The lowest BCUT2D eigenvalue weighted by Crippen LogP contribution is -2.41. The molecule has 1 aliphatic heterocycles. The van der Waals surface area contributed by atoms with E-state index < -0.39 is 10.0 Å². The predicted molar refractivity (Wildman–Crippen MR) is 122 cm³/mol. The Labute approximate surface area is 190 Å². The molecule has 1 aromatic heterocycles. The quantitative estimate of drug-likeness (QED) is 0.576. The van der Waals surface area contributed by atoms with Gasteiger partial charge >= 0.3 is 0 Å². The lowest BCUT2D eigenvalue weighted by molar-refractivity contribution is -0.120. The van der Waals surface area contributed by atoms with Crippen molar-refractivity contribution in [2.45, 2.75) is 37.5 Å². The maximum Gasteiger partial charge on any atom is 0.243 e. The lowest BCUT2D eigenvalue weighted by atomic mass is 9.97. The van der Waals surface area contributed by atoms with Crippen molar-refractivity contribution in [2.75, 3.05) is 38.7 Å². The van der Waals surface area contributed by atoms with E-state index in [0.717, 1.165) is 5.56 Å². The molecular formula is C23H31N3O5S. The molecule has 0 radical (unpaired) electrons. The highest BCUT2D eigenvalue weighted by Crippen LogP contribution is 2.27. The Morgan fingerprint density at radius 2 is 1.84 bits per heavy atom. The van der Waals surface area contributed by atoms with E-state index in [0.29, 0.717) is 56.6 Å². The van der Waals surface area contributed by atoms with Gasteiger partial charge in [0.05, 0.1) is 11.5 Å². The number of pyridine rings is 1. The highest BCUT2D eigenvalue weighted by Gasteiger charge is 2.32. The zero-order valence-electron chi connectivity index (χ0n) is 18.8. The van der Waals surface area contributed by atoms with Crippen molar-refractivity contribution in [3.63, 3.8) is 0 Å². The molecule has 1 fully saturated rings. The second-order valence-electron chi connectivity index (χ2n) is 8.09. The Hall–Kier alpha value is -2.49. The number of nitrogens with zero attached hydrogens (tertiary/aromatic N) is 2. The number of hydrogen-bond donors (Lipinski definition) is 1. The van der Waals surface area contributed by atoms with Gasteiger partial charge in [-0.25, -0.2) is 13.4 Å². The van der Waals surface area contributed by atoms with Gasteiger partial charge in [-0.15, -0.1) is 0 Å². The van der Waals surface area contributed by atoms with Crippen LogP contribution >= 0.6 is 0 Å². The first-order chi connectivity index (χ1) is 15.3. The van der Waals surface area contributed by atoms with E-state index in [2.05, 4.69) is 24.1 Å². The predicted octanol–water partition coefficient (Wildman–Crippen LogP) is 3.27. The van der Waals surface area contributed by atoms with Crippen LogP contribution in [0.4, 0.5) is 5.69 Å². The molecule has 8 nitrogen and oxygen atoms in total. The highest BCUT2D eigenvalue weighted by molar-refractivity contribution is 7.89. The minimum Gasteiger partial charge on any atom is -0.474 e. The molecule has 0 unspecified atom stereocenters. The number of hydrogen-bond acceptors (Lipinski definition) is 6. The molecule has 1 aromatic carbocycles. The van der Waals surface area contributed by atoms with Gasteiger partial charge in [0.2, 0.25) is 21.8 Å². The van der Waals surface area contributed by atoms with E-state index in [4.69, 9.17) is 9.47 Å². The summed E-state index contributed by atoms with van der Waals surface area (Å²) < 4.78 is 38.0. The molecule has 1 N–H and O–H groups in total. The minimum atomic E-state index is -3.57. The van der Waals surface area contributed by atoms with Crippen LogP contribution in [0.1, 0.15) is 38.2 Å². The summed E-state index contributed by atoms with van der Waals surface area (Å²) >= 11 is 0. The first kappa shape index (κ1) is 24.2. The Balaban J connectivity index is 1.59. The Kier molecular flexibility index (Phi) is 8.22. The van der Waals surface area contributed by atoms with Gasteiger partial charge in [-0.2, -0.15) is 4.31 Å². The molecule has 1 saturated heterocycles. The SMILES string of the molecule is COCCOc1ncccc1NC(=O)C1CCN(S(=O)(=O)c2ccc(C(C)C)cc2)CC1. The fourth-order valence-electron chi connectivity index (χ4n) is 3.59. The molecule has 174 valence electrons. The van der Waals surface area contributed by atoms with Crippen molar-refractivity contribution in [3.05, 3.63) is 48.2 Å². The molecule has 0 saturated carbocycles. The summed E-state index contributed by atoms with van der Waals surface area (Å²) in [7, 11) is -1.99. The number of benzene rings is 1. The average Bonchev–Trinajstić information content (AvgIpc) is 2.80. The van der Waals surface area contributed by atoms with Gasteiger partial charge in [-0.3, -0.25) is 4.79 Å². The molecule has 0 aliphatic carbocycles.